The lowest BCUT2D eigenvalue weighted by Crippen LogP contribution is -2.32. The Morgan fingerprint density at radius 1 is 1.35 bits per heavy atom. The van der Waals surface area contributed by atoms with Crippen LogP contribution in [-0.2, 0) is 4.79 Å². The molecule has 3 N–H and O–H groups in total. The minimum Gasteiger partial charge on any atom is -0.506 e. The number of carboxylic acids is 1. The summed E-state index contributed by atoms with van der Waals surface area (Å²) in [4.78, 5) is 33.8. The lowest BCUT2D eigenvalue weighted by molar-refractivity contribution is -0.135. The topological polar surface area (TPSA) is 117 Å². The summed E-state index contributed by atoms with van der Waals surface area (Å²) in [5, 5.41) is 20.7. The number of carbonyl (C=O) groups is 2. The van der Waals surface area contributed by atoms with Crippen LogP contribution in [0.15, 0.2) is 27.4 Å². The molecule has 0 spiro atoms. The van der Waals surface area contributed by atoms with Gasteiger partial charge >= 0.3 is 11.6 Å². The maximum Gasteiger partial charge on any atom is 0.353 e. The summed E-state index contributed by atoms with van der Waals surface area (Å²) < 4.78 is 4.96. The molecule has 0 radical (unpaired) electrons. The molecule has 7 nitrogen and oxygen atoms in total. The molecule has 104 valence electrons. The third-order valence-corrected chi connectivity index (χ3v) is 2.66. The van der Waals surface area contributed by atoms with Crippen molar-refractivity contribution in [2.75, 3.05) is 6.54 Å². The Morgan fingerprint density at radius 2 is 2.05 bits per heavy atom. The monoisotopic (exact) mass is 277 g/mol. The number of hydrogen-bond acceptors (Lipinski definition) is 5. The second kappa shape index (κ2) is 5.04. The van der Waals surface area contributed by atoms with Crippen molar-refractivity contribution in [1.82, 2.24) is 5.32 Å². The van der Waals surface area contributed by atoms with Crippen molar-refractivity contribution in [2.45, 2.75) is 6.92 Å². The maximum atomic E-state index is 11.7. The van der Waals surface area contributed by atoms with Gasteiger partial charge in [0.1, 0.15) is 17.9 Å². The number of carboxylic acid groups (broad SMARTS) is 1. The molecule has 0 fully saturated rings. The fourth-order valence-corrected chi connectivity index (χ4v) is 1.74. The zero-order valence-electron chi connectivity index (χ0n) is 10.5. The Bertz CT molecular complexity index is 761. The number of fused-ring (bicyclic) bond motifs is 1. The van der Waals surface area contributed by atoms with Crippen molar-refractivity contribution in [3.8, 4) is 5.75 Å². The van der Waals surface area contributed by atoms with Crippen LogP contribution in [0, 0.1) is 6.92 Å². The van der Waals surface area contributed by atoms with E-state index in [1.54, 1.807) is 19.1 Å². The second-order valence-corrected chi connectivity index (χ2v) is 4.19. The van der Waals surface area contributed by atoms with Crippen LogP contribution in [0.1, 0.15) is 15.9 Å². The van der Waals surface area contributed by atoms with Crippen LogP contribution in [0.3, 0.4) is 0 Å². The molecule has 20 heavy (non-hydrogen) atoms. The molecule has 1 heterocycles. The highest BCUT2D eigenvalue weighted by Crippen LogP contribution is 2.26. The van der Waals surface area contributed by atoms with Gasteiger partial charge in [0, 0.05) is 0 Å². The van der Waals surface area contributed by atoms with E-state index in [2.05, 4.69) is 0 Å². The van der Waals surface area contributed by atoms with Crippen LogP contribution in [0.5, 0.6) is 5.75 Å². The van der Waals surface area contributed by atoms with E-state index in [4.69, 9.17) is 9.52 Å². The number of aromatic hydroxyl groups is 1. The Hall–Kier alpha value is -2.83. The summed E-state index contributed by atoms with van der Waals surface area (Å²) in [7, 11) is 0. The number of nitrogens with one attached hydrogen (secondary N) is 1. The molecular formula is C13H11NO6. The van der Waals surface area contributed by atoms with E-state index in [9.17, 15) is 19.5 Å². The molecular weight excluding hydrogens is 266 g/mol. The van der Waals surface area contributed by atoms with Crippen molar-refractivity contribution in [3.05, 3.63) is 39.7 Å². The number of benzene rings is 1. The van der Waals surface area contributed by atoms with E-state index in [0.717, 1.165) is 5.56 Å². The number of aryl methyl sites for hydroxylation is 1. The Labute approximate surface area is 112 Å². The van der Waals surface area contributed by atoms with Gasteiger partial charge in [-0.3, -0.25) is 9.59 Å². The average Bonchev–Trinajstić information content (AvgIpc) is 2.35. The molecule has 1 amide bonds. The van der Waals surface area contributed by atoms with Crippen molar-refractivity contribution < 1.29 is 24.2 Å². The summed E-state index contributed by atoms with van der Waals surface area (Å²) in [6.07, 6.45) is 0. The van der Waals surface area contributed by atoms with Crippen molar-refractivity contribution >= 4 is 22.8 Å². The van der Waals surface area contributed by atoms with Gasteiger partial charge in [-0.05, 0) is 24.6 Å². The predicted octanol–water partition coefficient (Wildman–Crippen LogP) is 0.621. The Morgan fingerprint density at radius 3 is 2.70 bits per heavy atom. The predicted molar refractivity (Wildman–Crippen MR) is 68.9 cm³/mol. The van der Waals surface area contributed by atoms with Gasteiger partial charge in [0.05, 0.1) is 5.39 Å². The lowest BCUT2D eigenvalue weighted by atomic mass is 10.1. The molecule has 2 aromatic rings. The van der Waals surface area contributed by atoms with Crippen LogP contribution in [-0.4, -0.2) is 28.6 Å². The second-order valence-electron chi connectivity index (χ2n) is 4.19. The third kappa shape index (κ3) is 2.46. The summed E-state index contributed by atoms with van der Waals surface area (Å²) >= 11 is 0. The molecule has 1 aromatic heterocycles. The highest BCUT2D eigenvalue weighted by atomic mass is 16.4. The van der Waals surface area contributed by atoms with E-state index in [-0.39, 0.29) is 11.0 Å². The molecule has 0 aliphatic rings. The van der Waals surface area contributed by atoms with Crippen LogP contribution < -0.4 is 10.9 Å². The fraction of sp³-hybridized carbons (Fsp3) is 0.154. The molecule has 7 heteroatoms. The number of rotatable bonds is 3. The quantitative estimate of drug-likeness (QED) is 0.708. The van der Waals surface area contributed by atoms with E-state index >= 15 is 0 Å². The van der Waals surface area contributed by atoms with Crippen molar-refractivity contribution in [1.29, 1.82) is 0 Å². The fourth-order valence-electron chi connectivity index (χ4n) is 1.74. The first-order chi connectivity index (χ1) is 9.40. The maximum absolute atomic E-state index is 11.7. The number of hydrogen-bond donors (Lipinski definition) is 3. The third-order valence-electron chi connectivity index (χ3n) is 2.66. The zero-order chi connectivity index (χ0) is 14.9. The van der Waals surface area contributed by atoms with Gasteiger partial charge in [0.2, 0.25) is 0 Å². The molecule has 0 saturated heterocycles. The van der Waals surface area contributed by atoms with Gasteiger partial charge in [-0.2, -0.15) is 0 Å². The first-order valence-electron chi connectivity index (χ1n) is 5.66. The molecule has 0 bridgehead atoms. The van der Waals surface area contributed by atoms with Gasteiger partial charge in [0.25, 0.3) is 5.91 Å². The molecule has 0 unspecified atom stereocenters. The van der Waals surface area contributed by atoms with Crippen molar-refractivity contribution in [2.24, 2.45) is 0 Å². The lowest BCUT2D eigenvalue weighted by Gasteiger charge is -2.06. The molecule has 1 aromatic carbocycles. The minimum atomic E-state index is -1.27. The molecule has 0 saturated carbocycles. The van der Waals surface area contributed by atoms with Gasteiger partial charge in [-0.15, -0.1) is 0 Å². The zero-order valence-corrected chi connectivity index (χ0v) is 10.5. The summed E-state index contributed by atoms with van der Waals surface area (Å²) in [5.74, 6) is -2.79. The summed E-state index contributed by atoms with van der Waals surface area (Å²) in [6.45, 7) is 1.12. The standard InChI is InChI=1S/C13H11NO6/c1-6-2-3-7-8(4-6)20-13(19)10(11(7)17)12(18)14-5-9(15)16/h2-4,17H,5H2,1H3,(H,14,18)(H,15,16). The van der Waals surface area contributed by atoms with E-state index in [1.807, 2.05) is 5.32 Å². The summed E-state index contributed by atoms with van der Waals surface area (Å²) in [6, 6.07) is 4.74. The van der Waals surface area contributed by atoms with Crippen LogP contribution >= 0.6 is 0 Å². The molecule has 2 rings (SSSR count). The van der Waals surface area contributed by atoms with Crippen LogP contribution in [0.25, 0.3) is 11.0 Å². The highest BCUT2D eigenvalue weighted by Gasteiger charge is 2.21. The van der Waals surface area contributed by atoms with Crippen LogP contribution in [0.2, 0.25) is 0 Å². The van der Waals surface area contributed by atoms with Gasteiger partial charge in [0.15, 0.2) is 5.56 Å². The largest absolute Gasteiger partial charge is 0.506 e. The molecule has 0 aliphatic carbocycles. The molecule has 0 aliphatic heterocycles. The first kappa shape index (κ1) is 13.6. The van der Waals surface area contributed by atoms with E-state index in [0.29, 0.717) is 0 Å². The highest BCUT2D eigenvalue weighted by molar-refractivity contribution is 6.02. The van der Waals surface area contributed by atoms with Crippen molar-refractivity contribution in [3.63, 3.8) is 0 Å². The number of amides is 1. The summed E-state index contributed by atoms with van der Waals surface area (Å²) in [5.41, 5.74) is -0.656. The average molecular weight is 277 g/mol. The molecule has 0 atom stereocenters. The number of aliphatic carboxylic acids is 1. The SMILES string of the molecule is Cc1ccc2c(O)c(C(=O)NCC(=O)O)c(=O)oc2c1. The van der Waals surface area contributed by atoms with Gasteiger partial charge in [-0.1, -0.05) is 6.07 Å². The first-order valence-corrected chi connectivity index (χ1v) is 5.66. The van der Waals surface area contributed by atoms with E-state index in [1.165, 1.54) is 6.07 Å². The number of carbonyl (C=O) groups excluding carboxylic acids is 1. The van der Waals surface area contributed by atoms with Crippen LogP contribution in [0.4, 0.5) is 0 Å². The van der Waals surface area contributed by atoms with Gasteiger partial charge < -0.3 is 19.9 Å². The Kier molecular flexibility index (Phi) is 3.43. The minimum absolute atomic E-state index is 0.155. The Balaban J connectivity index is 2.54. The normalized spacial score (nSPS) is 10.4. The smallest absolute Gasteiger partial charge is 0.353 e. The van der Waals surface area contributed by atoms with E-state index < -0.39 is 35.4 Å². The van der Waals surface area contributed by atoms with Gasteiger partial charge in [-0.25, -0.2) is 4.79 Å².